The summed E-state index contributed by atoms with van der Waals surface area (Å²) < 4.78 is 1.02. The molecule has 0 aliphatic heterocycles. The summed E-state index contributed by atoms with van der Waals surface area (Å²) in [5.41, 5.74) is 3.37. The van der Waals surface area contributed by atoms with E-state index in [1.807, 2.05) is 18.2 Å². The van der Waals surface area contributed by atoms with Crippen molar-refractivity contribution >= 4 is 21.6 Å². The molecule has 0 heterocycles. The van der Waals surface area contributed by atoms with Gasteiger partial charge in [-0.25, -0.2) is 0 Å². The number of aliphatic hydroxyl groups is 1. The first kappa shape index (κ1) is 15.1. The fourth-order valence-corrected chi connectivity index (χ4v) is 2.86. The highest BCUT2D eigenvalue weighted by atomic mass is 79.9. The average molecular weight is 334 g/mol. The first-order chi connectivity index (χ1) is 9.61. The Balaban J connectivity index is 2.23. The van der Waals surface area contributed by atoms with E-state index in [-0.39, 0.29) is 0 Å². The number of benzene rings is 2. The van der Waals surface area contributed by atoms with Crippen LogP contribution in [0.5, 0.6) is 0 Å². The van der Waals surface area contributed by atoms with Gasteiger partial charge in [-0.1, -0.05) is 36.4 Å². The third kappa shape index (κ3) is 3.62. The normalized spacial score (nSPS) is 12.2. The van der Waals surface area contributed by atoms with Crippen molar-refractivity contribution in [3.8, 4) is 0 Å². The molecule has 2 rings (SSSR count). The monoisotopic (exact) mass is 333 g/mol. The molecule has 0 radical (unpaired) electrons. The summed E-state index contributed by atoms with van der Waals surface area (Å²) in [6.45, 7) is 5.74. The molecule has 0 saturated heterocycles. The van der Waals surface area contributed by atoms with E-state index in [1.165, 1.54) is 5.56 Å². The van der Waals surface area contributed by atoms with E-state index in [0.29, 0.717) is 0 Å². The van der Waals surface area contributed by atoms with Crippen molar-refractivity contribution in [2.24, 2.45) is 0 Å². The van der Waals surface area contributed by atoms with Crippen LogP contribution in [-0.4, -0.2) is 11.7 Å². The molecule has 0 unspecified atom stereocenters. The molecule has 0 bridgehead atoms. The molecule has 0 aliphatic rings. The molecule has 0 amide bonds. The van der Waals surface area contributed by atoms with Crippen LogP contribution >= 0.6 is 15.9 Å². The van der Waals surface area contributed by atoms with Gasteiger partial charge >= 0.3 is 0 Å². The maximum atomic E-state index is 9.64. The second kappa shape index (κ2) is 6.91. The van der Waals surface area contributed by atoms with Gasteiger partial charge in [-0.05, 0) is 53.0 Å². The van der Waals surface area contributed by atoms with Crippen LogP contribution in [0.2, 0.25) is 0 Å². The number of aliphatic hydroxyl groups excluding tert-OH is 1. The first-order valence-corrected chi connectivity index (χ1v) is 7.67. The summed E-state index contributed by atoms with van der Waals surface area (Å²) in [6.07, 6.45) is -0.440. The van der Waals surface area contributed by atoms with E-state index in [2.05, 4.69) is 58.1 Å². The molecule has 1 N–H and O–H groups in total. The largest absolute Gasteiger partial charge is 0.389 e. The molecule has 3 heteroatoms. The van der Waals surface area contributed by atoms with Crippen LogP contribution in [0.15, 0.2) is 53.0 Å². The highest BCUT2D eigenvalue weighted by Gasteiger charge is 2.11. The van der Waals surface area contributed by atoms with E-state index in [9.17, 15) is 5.11 Å². The van der Waals surface area contributed by atoms with Crippen LogP contribution < -0.4 is 4.90 Å². The minimum Gasteiger partial charge on any atom is -0.389 e. The number of rotatable bonds is 5. The molecular formula is C17H20BrNO. The lowest BCUT2D eigenvalue weighted by atomic mass is 10.1. The number of nitrogens with zero attached hydrogens (tertiary/aromatic N) is 1. The van der Waals surface area contributed by atoms with Crippen LogP contribution in [-0.2, 0) is 6.54 Å². The molecule has 1 atom stereocenters. The van der Waals surface area contributed by atoms with E-state index in [4.69, 9.17) is 0 Å². The van der Waals surface area contributed by atoms with Gasteiger partial charge in [-0.15, -0.1) is 0 Å². The summed E-state index contributed by atoms with van der Waals surface area (Å²) in [7, 11) is 0. The number of hydrogen-bond acceptors (Lipinski definition) is 2. The third-order valence-electron chi connectivity index (χ3n) is 3.39. The highest BCUT2D eigenvalue weighted by Crippen LogP contribution is 2.30. The molecular weight excluding hydrogens is 314 g/mol. The second-order valence-electron chi connectivity index (χ2n) is 4.89. The van der Waals surface area contributed by atoms with Crippen molar-refractivity contribution < 1.29 is 5.11 Å². The fraction of sp³-hybridized carbons (Fsp3) is 0.294. The van der Waals surface area contributed by atoms with Crippen LogP contribution in [0.25, 0.3) is 0 Å². The van der Waals surface area contributed by atoms with Gasteiger partial charge in [0.2, 0.25) is 0 Å². The predicted octanol–water partition coefficient (Wildman–Crippen LogP) is 4.53. The van der Waals surface area contributed by atoms with Gasteiger partial charge in [0.25, 0.3) is 0 Å². The highest BCUT2D eigenvalue weighted by molar-refractivity contribution is 9.10. The molecule has 0 saturated carbocycles. The molecule has 2 aromatic rings. The van der Waals surface area contributed by atoms with Crippen LogP contribution in [0.4, 0.5) is 5.69 Å². The van der Waals surface area contributed by atoms with E-state index < -0.39 is 6.10 Å². The minimum absolute atomic E-state index is 0.440. The Hall–Kier alpha value is -1.32. The van der Waals surface area contributed by atoms with Crippen LogP contribution in [0.1, 0.15) is 31.1 Å². The molecule has 106 valence electrons. The number of halogens is 1. The van der Waals surface area contributed by atoms with Crippen LogP contribution in [0, 0.1) is 0 Å². The third-order valence-corrected chi connectivity index (χ3v) is 4.03. The molecule has 0 aromatic heterocycles. The molecule has 2 nitrogen and oxygen atoms in total. The Bertz CT molecular complexity index is 554. The first-order valence-electron chi connectivity index (χ1n) is 6.88. The second-order valence-corrected chi connectivity index (χ2v) is 5.74. The summed E-state index contributed by atoms with van der Waals surface area (Å²) in [6, 6.07) is 16.5. The Labute approximate surface area is 129 Å². The zero-order valence-electron chi connectivity index (χ0n) is 11.9. The lowest BCUT2D eigenvalue weighted by molar-refractivity contribution is 0.199. The van der Waals surface area contributed by atoms with E-state index in [1.54, 1.807) is 6.92 Å². The van der Waals surface area contributed by atoms with Crippen molar-refractivity contribution in [2.45, 2.75) is 26.5 Å². The zero-order valence-corrected chi connectivity index (χ0v) is 13.5. The fourth-order valence-electron chi connectivity index (χ4n) is 2.21. The summed E-state index contributed by atoms with van der Waals surface area (Å²) >= 11 is 3.62. The summed E-state index contributed by atoms with van der Waals surface area (Å²) in [5.74, 6) is 0. The van der Waals surface area contributed by atoms with Gasteiger partial charge in [-0.2, -0.15) is 0 Å². The average Bonchev–Trinajstić information content (AvgIpc) is 2.46. The smallest absolute Gasteiger partial charge is 0.0762 e. The van der Waals surface area contributed by atoms with Crippen molar-refractivity contribution in [3.05, 3.63) is 64.1 Å². The van der Waals surface area contributed by atoms with Crippen molar-refractivity contribution in [3.63, 3.8) is 0 Å². The maximum Gasteiger partial charge on any atom is 0.0762 e. The lowest BCUT2D eigenvalue weighted by Crippen LogP contribution is -2.22. The minimum atomic E-state index is -0.440. The number of anilines is 1. The Morgan fingerprint density at radius 3 is 2.40 bits per heavy atom. The molecule has 2 aromatic carbocycles. The maximum absolute atomic E-state index is 9.64. The van der Waals surface area contributed by atoms with Gasteiger partial charge in [0.05, 0.1) is 11.8 Å². The molecule has 20 heavy (non-hydrogen) atoms. The quantitative estimate of drug-likeness (QED) is 0.868. The summed E-state index contributed by atoms with van der Waals surface area (Å²) in [5, 5.41) is 9.64. The SMILES string of the molecule is CCN(Cc1ccccc1)c1ccc([C@@H](C)O)cc1Br. The molecule has 0 aliphatic carbocycles. The van der Waals surface area contributed by atoms with Gasteiger partial charge in [-0.3, -0.25) is 0 Å². The van der Waals surface area contributed by atoms with Crippen LogP contribution in [0.3, 0.4) is 0 Å². The van der Waals surface area contributed by atoms with Gasteiger partial charge < -0.3 is 10.0 Å². The van der Waals surface area contributed by atoms with Crippen molar-refractivity contribution in [1.29, 1.82) is 0 Å². The predicted molar refractivity (Wildman–Crippen MR) is 87.9 cm³/mol. The Morgan fingerprint density at radius 1 is 1.15 bits per heavy atom. The summed E-state index contributed by atoms with van der Waals surface area (Å²) in [4.78, 5) is 2.31. The molecule has 0 fully saturated rings. The van der Waals surface area contributed by atoms with E-state index >= 15 is 0 Å². The van der Waals surface area contributed by atoms with Crippen molar-refractivity contribution in [1.82, 2.24) is 0 Å². The zero-order chi connectivity index (χ0) is 14.5. The van der Waals surface area contributed by atoms with Gasteiger partial charge in [0, 0.05) is 17.6 Å². The molecule has 0 spiro atoms. The van der Waals surface area contributed by atoms with Crippen molar-refractivity contribution in [2.75, 3.05) is 11.4 Å². The van der Waals surface area contributed by atoms with Gasteiger partial charge in [0.1, 0.15) is 0 Å². The Morgan fingerprint density at radius 2 is 1.85 bits per heavy atom. The topological polar surface area (TPSA) is 23.5 Å². The lowest BCUT2D eigenvalue weighted by Gasteiger charge is -2.25. The standard InChI is InChI=1S/C17H20BrNO/c1-3-19(12-14-7-5-4-6-8-14)17-10-9-15(13(2)20)11-16(17)18/h4-11,13,20H,3,12H2,1-2H3/t13-/m1/s1. The van der Waals surface area contributed by atoms with E-state index in [0.717, 1.165) is 28.8 Å². The number of hydrogen-bond donors (Lipinski definition) is 1. The van der Waals surface area contributed by atoms with Gasteiger partial charge in [0.15, 0.2) is 0 Å². The Kier molecular flexibility index (Phi) is 5.21.